The lowest BCUT2D eigenvalue weighted by Crippen LogP contribution is -2.30. The number of nitrogens with one attached hydrogen (secondary N) is 3. The smallest absolute Gasteiger partial charge is 0.432 e. The van der Waals surface area contributed by atoms with Crippen LogP contribution >= 0.6 is 11.6 Å². The minimum Gasteiger partial charge on any atom is -0.506 e. The van der Waals surface area contributed by atoms with Gasteiger partial charge in [-0.05, 0) is 59.5 Å². The number of carboxylic acids is 1. The molecule has 0 unspecified atom stereocenters. The molecule has 7 rings (SSSR count). The molecule has 0 radical (unpaired) electrons. The zero-order valence-electron chi connectivity index (χ0n) is 24.7. The normalized spacial score (nSPS) is 14.5. The highest BCUT2D eigenvalue weighted by Gasteiger charge is 2.43. The number of amides is 2. The summed E-state index contributed by atoms with van der Waals surface area (Å²) in [5, 5.41) is 25.1. The molecule has 244 valence electrons. The molecule has 11 nitrogen and oxygen atoms in total. The molecule has 48 heavy (non-hydrogen) atoms. The second kappa shape index (κ2) is 11.2. The summed E-state index contributed by atoms with van der Waals surface area (Å²) in [6, 6.07) is 14.7. The first kappa shape index (κ1) is 30.9. The van der Waals surface area contributed by atoms with Crippen LogP contribution in [0.5, 0.6) is 11.5 Å². The van der Waals surface area contributed by atoms with Gasteiger partial charge in [-0.15, -0.1) is 11.6 Å². The van der Waals surface area contributed by atoms with Crippen molar-refractivity contribution in [2.75, 3.05) is 29.8 Å². The minimum absolute atomic E-state index is 0.0398. The fourth-order valence-corrected chi connectivity index (χ4v) is 6.45. The van der Waals surface area contributed by atoms with Crippen molar-refractivity contribution >= 4 is 73.3 Å². The summed E-state index contributed by atoms with van der Waals surface area (Å²) < 4.78 is 46.7. The average molecular weight is 678 g/mol. The highest BCUT2D eigenvalue weighted by atomic mass is 35.5. The summed E-state index contributed by atoms with van der Waals surface area (Å²) in [6.07, 6.45) is -3.47. The third kappa shape index (κ3) is 5.01. The number of pyridine rings is 1. The quantitative estimate of drug-likeness (QED) is 0.120. The van der Waals surface area contributed by atoms with E-state index in [2.05, 4.69) is 15.3 Å². The molecule has 6 aromatic rings. The van der Waals surface area contributed by atoms with E-state index >= 15 is 0 Å². The number of hydrogen-bond donors (Lipinski definition) is 5. The third-order valence-electron chi connectivity index (χ3n) is 8.38. The number of aromatic amines is 2. The molecule has 0 aliphatic carbocycles. The summed E-state index contributed by atoms with van der Waals surface area (Å²) in [4.78, 5) is 49.5. The van der Waals surface area contributed by atoms with Crippen molar-refractivity contribution in [3.63, 3.8) is 0 Å². The fraction of sp³-hybridized carbons (Fsp3) is 0.152. The number of carboxylic acid groups (broad SMARTS) is 1. The van der Waals surface area contributed by atoms with Crippen LogP contribution in [0.3, 0.4) is 0 Å². The van der Waals surface area contributed by atoms with Crippen molar-refractivity contribution in [2.24, 2.45) is 0 Å². The van der Waals surface area contributed by atoms with Crippen LogP contribution in [0.4, 0.5) is 24.5 Å². The van der Waals surface area contributed by atoms with Gasteiger partial charge in [0.2, 0.25) is 0 Å². The number of anilines is 2. The summed E-state index contributed by atoms with van der Waals surface area (Å²) >= 11 is 6.20. The molecule has 0 saturated carbocycles. The Morgan fingerprint density at radius 1 is 1.06 bits per heavy atom. The second-order valence-corrected chi connectivity index (χ2v) is 11.6. The van der Waals surface area contributed by atoms with Gasteiger partial charge in [0.15, 0.2) is 0 Å². The van der Waals surface area contributed by atoms with Crippen LogP contribution in [-0.4, -0.2) is 62.5 Å². The van der Waals surface area contributed by atoms with Gasteiger partial charge >= 0.3 is 12.1 Å². The molecule has 1 aliphatic rings. The molecule has 3 aromatic heterocycles. The Bertz CT molecular complexity index is 2330. The summed E-state index contributed by atoms with van der Waals surface area (Å²) in [7, 11) is 1.55. The molecule has 1 aliphatic heterocycles. The van der Waals surface area contributed by atoms with Gasteiger partial charge in [0, 0.05) is 58.0 Å². The Balaban J connectivity index is 1.21. The van der Waals surface area contributed by atoms with Crippen molar-refractivity contribution in [2.45, 2.75) is 12.1 Å². The monoisotopic (exact) mass is 677 g/mol. The summed E-state index contributed by atoms with van der Waals surface area (Å²) in [5.74, 6) is -3.81. The van der Waals surface area contributed by atoms with Gasteiger partial charge in [-0.25, -0.2) is 4.79 Å². The number of nitrogens with zero attached hydrogens (tertiary/aromatic N) is 2. The molecule has 1 atom stereocenters. The number of alkyl halides is 4. The van der Waals surface area contributed by atoms with Gasteiger partial charge in [0.1, 0.15) is 28.6 Å². The zero-order chi connectivity index (χ0) is 34.1. The maximum absolute atomic E-state index is 13.9. The molecule has 0 spiro atoms. The van der Waals surface area contributed by atoms with Crippen LogP contribution in [0, 0.1) is 0 Å². The molecule has 0 fully saturated rings. The maximum Gasteiger partial charge on any atom is 0.432 e. The summed E-state index contributed by atoms with van der Waals surface area (Å²) in [6.45, 7) is -0.0802. The zero-order valence-corrected chi connectivity index (χ0v) is 25.5. The highest BCUT2D eigenvalue weighted by molar-refractivity contribution is 6.20. The van der Waals surface area contributed by atoms with Gasteiger partial charge < -0.3 is 35.1 Å². The van der Waals surface area contributed by atoms with Crippen LogP contribution < -0.4 is 15.0 Å². The van der Waals surface area contributed by atoms with Crippen LogP contribution in [0.2, 0.25) is 0 Å². The van der Waals surface area contributed by atoms with Gasteiger partial charge in [-0.1, -0.05) is 0 Å². The molecule has 4 heterocycles. The van der Waals surface area contributed by atoms with Crippen molar-refractivity contribution in [1.82, 2.24) is 15.0 Å². The Hall–Kier alpha value is -5.76. The van der Waals surface area contributed by atoms with E-state index in [-0.39, 0.29) is 40.4 Å². The van der Waals surface area contributed by atoms with Crippen LogP contribution in [0.15, 0.2) is 60.8 Å². The largest absolute Gasteiger partial charge is 0.506 e. The van der Waals surface area contributed by atoms with Crippen molar-refractivity contribution in [3.05, 3.63) is 89.0 Å². The Morgan fingerprint density at radius 3 is 2.56 bits per heavy atom. The standard InChI is InChI=1S/C33H23ClF3N5O6/c1-48-19-4-2-14-12-38-21(8-15(14)7-19)30(44)39-18-3-5-20-16(6-18)9-22(40-20)31(45)42-13-17(11-34)25-23(42)10-24(43)28-26(25)27(32(46)47)29(41-28)33(35,36)37/h2-10,12,17,40-41,43H,11,13H2,1H3,(H,39,44)(H,46,47)/t17-/m1/s1. The molecule has 0 bridgehead atoms. The average Bonchev–Trinajstić information content (AvgIpc) is 3.77. The van der Waals surface area contributed by atoms with E-state index in [1.807, 2.05) is 11.1 Å². The number of aromatic hydroxyl groups is 1. The number of fused-ring (bicyclic) bond motifs is 5. The first-order valence-corrected chi connectivity index (χ1v) is 14.9. The molecule has 5 N–H and O–H groups in total. The maximum atomic E-state index is 13.9. The number of phenolic OH excluding ortho intramolecular Hbond substituents is 1. The molecular formula is C33H23ClF3N5O6. The number of aromatic carboxylic acids is 1. The fourth-order valence-electron chi connectivity index (χ4n) is 6.20. The minimum atomic E-state index is -5.06. The Kier molecular flexibility index (Phi) is 7.20. The van der Waals surface area contributed by atoms with E-state index < -0.39 is 52.4 Å². The number of methoxy groups -OCH3 is 1. The van der Waals surface area contributed by atoms with Crippen molar-refractivity contribution in [3.8, 4) is 11.5 Å². The second-order valence-electron chi connectivity index (χ2n) is 11.2. The lowest BCUT2D eigenvalue weighted by molar-refractivity contribution is -0.141. The number of carbonyl (C=O) groups excluding carboxylic acids is 2. The van der Waals surface area contributed by atoms with Crippen LogP contribution in [0.1, 0.15) is 48.5 Å². The van der Waals surface area contributed by atoms with E-state index in [0.717, 1.165) is 16.8 Å². The lowest BCUT2D eigenvalue weighted by Gasteiger charge is -2.17. The van der Waals surface area contributed by atoms with E-state index in [4.69, 9.17) is 16.3 Å². The first-order valence-electron chi connectivity index (χ1n) is 14.4. The van der Waals surface area contributed by atoms with Gasteiger partial charge in [0.25, 0.3) is 11.8 Å². The number of rotatable bonds is 6. The lowest BCUT2D eigenvalue weighted by atomic mass is 9.95. The predicted octanol–water partition coefficient (Wildman–Crippen LogP) is 6.86. The molecular weight excluding hydrogens is 655 g/mol. The van der Waals surface area contributed by atoms with E-state index in [0.29, 0.717) is 22.3 Å². The van der Waals surface area contributed by atoms with Crippen molar-refractivity contribution < 1.29 is 42.5 Å². The predicted molar refractivity (Wildman–Crippen MR) is 172 cm³/mol. The van der Waals surface area contributed by atoms with E-state index in [9.17, 15) is 37.8 Å². The number of halogens is 4. The number of carbonyl (C=O) groups is 3. The van der Waals surface area contributed by atoms with Crippen molar-refractivity contribution in [1.29, 1.82) is 0 Å². The highest BCUT2D eigenvalue weighted by Crippen LogP contribution is 2.49. The third-order valence-corrected chi connectivity index (χ3v) is 8.75. The van der Waals surface area contributed by atoms with Gasteiger partial charge in [-0.2, -0.15) is 13.2 Å². The molecule has 0 saturated heterocycles. The topological polar surface area (TPSA) is 161 Å². The number of H-pyrrole nitrogens is 2. The number of ether oxygens (including phenoxy) is 1. The van der Waals surface area contributed by atoms with E-state index in [1.54, 1.807) is 55.8 Å². The molecule has 2 amide bonds. The number of phenols is 1. The number of aromatic nitrogens is 3. The van der Waals surface area contributed by atoms with Crippen LogP contribution in [0.25, 0.3) is 32.6 Å². The Morgan fingerprint density at radius 2 is 1.85 bits per heavy atom. The van der Waals surface area contributed by atoms with E-state index in [1.165, 1.54) is 4.90 Å². The molecule has 15 heteroatoms. The Labute approximate surface area is 272 Å². The summed E-state index contributed by atoms with van der Waals surface area (Å²) in [5.41, 5.74) is -1.61. The SMILES string of the molecule is COc1ccc2cnc(C(=O)Nc3ccc4[nH]c(C(=O)N5C[C@@H](CCl)c6c5cc(O)c5[nH]c(C(F)(F)F)c(C(=O)O)c65)cc4c3)cc2c1. The van der Waals surface area contributed by atoms with Crippen LogP contribution in [-0.2, 0) is 6.18 Å². The van der Waals surface area contributed by atoms with Gasteiger partial charge in [0.05, 0.1) is 23.9 Å². The first-order chi connectivity index (χ1) is 22.9. The number of benzene rings is 3. The van der Waals surface area contributed by atoms with Gasteiger partial charge in [-0.3, -0.25) is 14.6 Å². The molecule has 3 aromatic carbocycles. The number of hydrogen-bond acceptors (Lipinski definition) is 6.